The summed E-state index contributed by atoms with van der Waals surface area (Å²) < 4.78 is 6.64. The van der Waals surface area contributed by atoms with Crippen molar-refractivity contribution in [2.45, 2.75) is 26.0 Å². The van der Waals surface area contributed by atoms with Crippen LogP contribution < -0.4 is 0 Å². The summed E-state index contributed by atoms with van der Waals surface area (Å²) in [4.78, 5) is 13.2. The molecule has 0 bridgehead atoms. The van der Waals surface area contributed by atoms with Gasteiger partial charge in [-0.25, -0.2) is 9.48 Å². The van der Waals surface area contributed by atoms with Crippen LogP contribution in [0.3, 0.4) is 0 Å². The summed E-state index contributed by atoms with van der Waals surface area (Å²) in [5, 5.41) is 16.7. The average Bonchev–Trinajstić information content (AvgIpc) is 2.98. The van der Waals surface area contributed by atoms with E-state index in [1.807, 2.05) is 0 Å². The highest BCUT2D eigenvalue weighted by atomic mass is 16.6. The number of aliphatic hydroxyl groups excluding tert-OH is 1. The van der Waals surface area contributed by atoms with Crippen molar-refractivity contribution < 1.29 is 14.6 Å². The number of nitrogens with zero attached hydrogens (tertiary/aromatic N) is 4. The molecule has 1 fully saturated rings. The molecule has 0 aromatic carbocycles. The first kappa shape index (κ1) is 11.8. The molecular weight excluding hydrogens is 224 g/mol. The fourth-order valence-corrected chi connectivity index (χ4v) is 1.90. The fraction of sp³-hybridized carbons (Fsp3) is 0.700. The second-order valence-electron chi connectivity index (χ2n) is 3.94. The molecule has 1 aliphatic rings. The summed E-state index contributed by atoms with van der Waals surface area (Å²) in [6.45, 7) is 3.30. The van der Waals surface area contributed by atoms with Gasteiger partial charge in [0.05, 0.1) is 25.5 Å². The molecule has 1 amide bonds. The number of carbonyl (C=O) groups is 1. The minimum atomic E-state index is -0.280. The largest absolute Gasteiger partial charge is 0.450 e. The van der Waals surface area contributed by atoms with Crippen LogP contribution in [0.1, 0.15) is 25.1 Å². The molecule has 0 saturated carbocycles. The molecule has 0 unspecified atom stereocenters. The molecule has 0 spiro atoms. The van der Waals surface area contributed by atoms with Crippen LogP contribution in [0.4, 0.5) is 4.79 Å². The molecule has 94 valence electrons. The molecule has 1 atom stereocenters. The van der Waals surface area contributed by atoms with E-state index in [0.29, 0.717) is 25.4 Å². The van der Waals surface area contributed by atoms with Crippen LogP contribution in [-0.4, -0.2) is 50.8 Å². The van der Waals surface area contributed by atoms with E-state index in [2.05, 4.69) is 10.3 Å². The van der Waals surface area contributed by atoms with Crippen LogP contribution in [0.5, 0.6) is 0 Å². The number of aromatic nitrogens is 3. The monoisotopic (exact) mass is 240 g/mol. The van der Waals surface area contributed by atoms with Gasteiger partial charge >= 0.3 is 6.09 Å². The molecule has 2 rings (SSSR count). The van der Waals surface area contributed by atoms with Crippen molar-refractivity contribution in [2.75, 3.05) is 19.7 Å². The number of aliphatic hydroxyl groups is 1. The van der Waals surface area contributed by atoms with Gasteiger partial charge in [-0.1, -0.05) is 5.21 Å². The maximum atomic E-state index is 11.5. The van der Waals surface area contributed by atoms with Crippen LogP contribution >= 0.6 is 0 Å². The first-order valence-corrected chi connectivity index (χ1v) is 5.68. The lowest BCUT2D eigenvalue weighted by Gasteiger charge is -2.15. The smallest absolute Gasteiger partial charge is 0.409 e. The number of carbonyl (C=O) groups excluding carboxylic acids is 1. The maximum absolute atomic E-state index is 11.5. The second kappa shape index (κ2) is 5.13. The summed E-state index contributed by atoms with van der Waals surface area (Å²) in [5.74, 6) is 0. The summed E-state index contributed by atoms with van der Waals surface area (Å²) in [6.07, 6.45) is 2.25. The molecule has 1 aromatic heterocycles. The number of amides is 1. The first-order valence-electron chi connectivity index (χ1n) is 5.68. The summed E-state index contributed by atoms with van der Waals surface area (Å²) >= 11 is 0. The number of rotatable bonds is 3. The Morgan fingerprint density at radius 3 is 3.18 bits per heavy atom. The third-order valence-electron chi connectivity index (χ3n) is 2.78. The summed E-state index contributed by atoms with van der Waals surface area (Å²) in [7, 11) is 0. The quantitative estimate of drug-likeness (QED) is 0.814. The third-order valence-corrected chi connectivity index (χ3v) is 2.78. The zero-order chi connectivity index (χ0) is 12.3. The van der Waals surface area contributed by atoms with E-state index >= 15 is 0 Å². The van der Waals surface area contributed by atoms with E-state index in [9.17, 15) is 4.79 Å². The lowest BCUT2D eigenvalue weighted by Crippen LogP contribution is -2.29. The van der Waals surface area contributed by atoms with E-state index in [-0.39, 0.29) is 18.7 Å². The predicted molar refractivity (Wildman–Crippen MR) is 58.2 cm³/mol. The lowest BCUT2D eigenvalue weighted by atomic mass is 10.3. The van der Waals surface area contributed by atoms with E-state index in [1.165, 1.54) is 0 Å². The number of ether oxygens (including phenoxy) is 1. The number of likely N-dealkylation sites (tertiary alicyclic amines) is 1. The zero-order valence-electron chi connectivity index (χ0n) is 9.74. The molecule has 2 heterocycles. The van der Waals surface area contributed by atoms with Gasteiger partial charge in [0.2, 0.25) is 0 Å². The molecule has 1 saturated heterocycles. The predicted octanol–water partition coefficient (Wildman–Crippen LogP) is 0.174. The molecule has 0 radical (unpaired) electrons. The minimum absolute atomic E-state index is 0.117. The topological polar surface area (TPSA) is 80.5 Å². The van der Waals surface area contributed by atoms with Crippen LogP contribution in [0.25, 0.3) is 0 Å². The Balaban J connectivity index is 1.95. The van der Waals surface area contributed by atoms with Crippen molar-refractivity contribution in [3.05, 3.63) is 11.9 Å². The van der Waals surface area contributed by atoms with Crippen molar-refractivity contribution in [3.8, 4) is 0 Å². The minimum Gasteiger partial charge on any atom is -0.450 e. The van der Waals surface area contributed by atoms with Gasteiger partial charge in [-0.2, -0.15) is 0 Å². The van der Waals surface area contributed by atoms with Crippen molar-refractivity contribution in [1.82, 2.24) is 19.9 Å². The first-order chi connectivity index (χ1) is 8.24. The normalized spacial score (nSPS) is 19.6. The molecule has 1 aliphatic heterocycles. The number of hydrogen-bond donors (Lipinski definition) is 1. The second-order valence-corrected chi connectivity index (χ2v) is 3.94. The SMILES string of the molecule is CCOC(=O)N1CC[C@H](n2cc(CO)nn2)C1. The van der Waals surface area contributed by atoms with Gasteiger partial charge in [0.15, 0.2) is 0 Å². The molecule has 7 nitrogen and oxygen atoms in total. The summed E-state index contributed by atoms with van der Waals surface area (Å²) in [5.41, 5.74) is 0.541. The fourth-order valence-electron chi connectivity index (χ4n) is 1.90. The highest BCUT2D eigenvalue weighted by Crippen LogP contribution is 2.21. The Labute approximate surface area is 99.0 Å². The highest BCUT2D eigenvalue weighted by molar-refractivity contribution is 5.67. The maximum Gasteiger partial charge on any atom is 0.409 e. The van der Waals surface area contributed by atoms with Crippen molar-refractivity contribution >= 4 is 6.09 Å². The molecule has 1 aromatic rings. The van der Waals surface area contributed by atoms with E-state index in [4.69, 9.17) is 9.84 Å². The van der Waals surface area contributed by atoms with Crippen molar-refractivity contribution in [3.63, 3.8) is 0 Å². The van der Waals surface area contributed by atoms with E-state index in [1.54, 1.807) is 22.7 Å². The highest BCUT2D eigenvalue weighted by Gasteiger charge is 2.28. The lowest BCUT2D eigenvalue weighted by molar-refractivity contribution is 0.114. The Morgan fingerprint density at radius 1 is 1.71 bits per heavy atom. The van der Waals surface area contributed by atoms with Gasteiger partial charge in [0, 0.05) is 13.1 Å². The molecule has 0 aliphatic carbocycles. The van der Waals surface area contributed by atoms with Crippen LogP contribution in [0.2, 0.25) is 0 Å². The van der Waals surface area contributed by atoms with Gasteiger partial charge in [-0.05, 0) is 13.3 Å². The average molecular weight is 240 g/mol. The molecule has 1 N–H and O–H groups in total. The Kier molecular flexibility index (Phi) is 3.58. The molecular formula is C10H16N4O3. The van der Waals surface area contributed by atoms with Crippen molar-refractivity contribution in [1.29, 1.82) is 0 Å². The van der Waals surface area contributed by atoms with Crippen LogP contribution in [0.15, 0.2) is 6.20 Å². The standard InChI is InChI=1S/C10H16N4O3/c1-2-17-10(16)13-4-3-9(6-13)14-5-8(7-15)11-12-14/h5,9,15H,2-4,6-7H2,1H3/t9-/m0/s1. The third kappa shape index (κ3) is 2.55. The Bertz CT molecular complexity index is 393. The molecule has 7 heteroatoms. The zero-order valence-corrected chi connectivity index (χ0v) is 9.74. The van der Waals surface area contributed by atoms with Crippen LogP contribution in [-0.2, 0) is 11.3 Å². The Hall–Kier alpha value is -1.63. The van der Waals surface area contributed by atoms with E-state index < -0.39 is 0 Å². The van der Waals surface area contributed by atoms with Crippen LogP contribution in [0, 0.1) is 0 Å². The van der Waals surface area contributed by atoms with Gasteiger partial charge in [0.25, 0.3) is 0 Å². The van der Waals surface area contributed by atoms with Crippen molar-refractivity contribution in [2.24, 2.45) is 0 Å². The van der Waals surface area contributed by atoms with Gasteiger partial charge in [-0.15, -0.1) is 5.10 Å². The molecule has 17 heavy (non-hydrogen) atoms. The summed E-state index contributed by atoms with van der Waals surface area (Å²) in [6, 6.07) is 0.118. The Morgan fingerprint density at radius 2 is 2.53 bits per heavy atom. The number of hydrogen-bond acceptors (Lipinski definition) is 5. The van der Waals surface area contributed by atoms with Gasteiger partial charge in [-0.3, -0.25) is 0 Å². The van der Waals surface area contributed by atoms with E-state index in [0.717, 1.165) is 6.42 Å². The van der Waals surface area contributed by atoms with Gasteiger partial charge in [0.1, 0.15) is 5.69 Å². The van der Waals surface area contributed by atoms with Gasteiger partial charge < -0.3 is 14.7 Å².